The first-order chi connectivity index (χ1) is 13.0. The number of thioether (sulfide) groups is 1. The van der Waals surface area contributed by atoms with Gasteiger partial charge in [-0.1, -0.05) is 55.9 Å². The molecule has 1 N–H and O–H groups in total. The number of benzene rings is 1. The highest BCUT2D eigenvalue weighted by atomic mass is 32.2. The zero-order chi connectivity index (χ0) is 19.2. The summed E-state index contributed by atoms with van der Waals surface area (Å²) >= 11 is 1.23. The highest BCUT2D eigenvalue weighted by Crippen LogP contribution is 2.26. The van der Waals surface area contributed by atoms with Crippen molar-refractivity contribution >= 4 is 17.7 Å². The normalized spacial score (nSPS) is 12.3. The molecule has 0 spiro atoms. The van der Waals surface area contributed by atoms with Gasteiger partial charge in [0.15, 0.2) is 0 Å². The fourth-order valence-corrected chi connectivity index (χ4v) is 3.36. The number of hydrogen-bond acceptors (Lipinski definition) is 6. The minimum atomic E-state index is -0.0613. The number of hydrogen-bond donors (Lipinski definition) is 1. The van der Waals surface area contributed by atoms with Crippen LogP contribution in [0.15, 0.2) is 56.7 Å². The molecular weight excluding hydrogens is 362 g/mol. The maximum absolute atomic E-state index is 12.4. The van der Waals surface area contributed by atoms with Crippen LogP contribution in [0.3, 0.4) is 0 Å². The Kier molecular flexibility index (Phi) is 6.34. The molecule has 142 valence electrons. The lowest BCUT2D eigenvalue weighted by molar-refractivity contribution is -0.119. The summed E-state index contributed by atoms with van der Waals surface area (Å²) in [7, 11) is 0. The molecule has 27 heavy (non-hydrogen) atoms. The molecule has 7 heteroatoms. The molecule has 6 nitrogen and oxygen atoms in total. The van der Waals surface area contributed by atoms with Crippen LogP contribution in [-0.2, 0) is 4.79 Å². The van der Waals surface area contributed by atoms with Gasteiger partial charge in [-0.25, -0.2) is 0 Å². The fraction of sp³-hybridized carbons (Fsp3) is 0.350. The standard InChI is InChI=1S/C20H23N3O3S/c1-13(2)11-17(15-7-5-4-6-8-15)21-18(24)12-27-20-23-22-19(26-20)16-9-10-25-14(16)3/h4-10,13,17H,11-12H2,1-3H3,(H,21,24). The molecule has 0 fully saturated rings. The molecule has 2 aromatic heterocycles. The van der Waals surface area contributed by atoms with Crippen molar-refractivity contribution < 1.29 is 13.6 Å². The minimum absolute atomic E-state index is 0.00822. The topological polar surface area (TPSA) is 81.2 Å². The Morgan fingerprint density at radius 3 is 2.63 bits per heavy atom. The molecule has 3 rings (SSSR count). The average Bonchev–Trinajstić information content (AvgIpc) is 3.28. The zero-order valence-electron chi connectivity index (χ0n) is 15.6. The third-order valence-electron chi connectivity index (χ3n) is 4.07. The van der Waals surface area contributed by atoms with Gasteiger partial charge in [0.05, 0.1) is 23.6 Å². The second-order valence-electron chi connectivity index (χ2n) is 6.71. The van der Waals surface area contributed by atoms with Crippen molar-refractivity contribution in [2.75, 3.05) is 5.75 Å². The molecule has 0 aliphatic heterocycles. The fourth-order valence-electron chi connectivity index (χ4n) is 2.78. The Balaban J connectivity index is 1.58. The molecule has 0 aliphatic rings. The lowest BCUT2D eigenvalue weighted by Gasteiger charge is -2.21. The third kappa shape index (κ3) is 5.23. The number of nitrogens with zero attached hydrogens (tertiary/aromatic N) is 2. The summed E-state index contributed by atoms with van der Waals surface area (Å²) in [4.78, 5) is 12.4. The number of rotatable bonds is 8. The Labute approximate surface area is 162 Å². The Morgan fingerprint density at radius 2 is 1.96 bits per heavy atom. The van der Waals surface area contributed by atoms with Crippen LogP contribution in [0.25, 0.3) is 11.5 Å². The number of furan rings is 1. The second-order valence-corrected chi connectivity index (χ2v) is 7.64. The lowest BCUT2D eigenvalue weighted by Crippen LogP contribution is -2.30. The van der Waals surface area contributed by atoms with Crippen molar-refractivity contribution in [2.24, 2.45) is 5.92 Å². The van der Waals surface area contributed by atoms with Crippen LogP contribution in [0, 0.1) is 12.8 Å². The molecule has 1 amide bonds. The van der Waals surface area contributed by atoms with Crippen LogP contribution in [-0.4, -0.2) is 21.9 Å². The van der Waals surface area contributed by atoms with E-state index >= 15 is 0 Å². The van der Waals surface area contributed by atoms with E-state index in [0.29, 0.717) is 22.8 Å². The van der Waals surface area contributed by atoms with Gasteiger partial charge in [0, 0.05) is 0 Å². The first kappa shape index (κ1) is 19.2. The third-order valence-corrected chi connectivity index (χ3v) is 4.89. The van der Waals surface area contributed by atoms with Gasteiger partial charge < -0.3 is 14.2 Å². The van der Waals surface area contributed by atoms with Gasteiger partial charge in [-0.3, -0.25) is 4.79 Å². The van der Waals surface area contributed by atoms with E-state index in [2.05, 4.69) is 29.4 Å². The summed E-state index contributed by atoms with van der Waals surface area (Å²) in [5.74, 6) is 1.74. The molecule has 0 saturated heterocycles. The van der Waals surface area contributed by atoms with Gasteiger partial charge in [-0.2, -0.15) is 0 Å². The number of aryl methyl sites for hydroxylation is 1. The monoisotopic (exact) mass is 385 g/mol. The zero-order valence-corrected chi connectivity index (χ0v) is 16.5. The molecule has 3 aromatic rings. The molecule has 0 radical (unpaired) electrons. The quantitative estimate of drug-likeness (QED) is 0.569. The smallest absolute Gasteiger partial charge is 0.277 e. The first-order valence-electron chi connectivity index (χ1n) is 8.88. The number of carbonyl (C=O) groups is 1. The summed E-state index contributed by atoms with van der Waals surface area (Å²) in [6.45, 7) is 6.13. The van der Waals surface area contributed by atoms with Crippen LogP contribution in [0.2, 0.25) is 0 Å². The highest BCUT2D eigenvalue weighted by molar-refractivity contribution is 7.99. The van der Waals surface area contributed by atoms with Crippen molar-refractivity contribution in [3.05, 3.63) is 54.0 Å². The van der Waals surface area contributed by atoms with E-state index < -0.39 is 0 Å². The Hall–Kier alpha value is -2.54. The summed E-state index contributed by atoms with van der Waals surface area (Å²) in [5.41, 5.74) is 1.87. The van der Waals surface area contributed by atoms with Gasteiger partial charge in [0.25, 0.3) is 11.1 Å². The number of amides is 1. The number of aromatic nitrogens is 2. The number of carbonyl (C=O) groups excluding carboxylic acids is 1. The van der Waals surface area contributed by atoms with E-state index in [1.54, 1.807) is 12.3 Å². The molecule has 1 atom stereocenters. The summed E-state index contributed by atoms with van der Waals surface area (Å²) < 4.78 is 10.9. The highest BCUT2D eigenvalue weighted by Gasteiger charge is 2.18. The SMILES string of the molecule is Cc1occc1-c1nnc(SCC(=O)NC(CC(C)C)c2ccccc2)o1. The van der Waals surface area contributed by atoms with Crippen molar-refractivity contribution in [1.82, 2.24) is 15.5 Å². The van der Waals surface area contributed by atoms with E-state index in [9.17, 15) is 4.79 Å². The summed E-state index contributed by atoms with van der Waals surface area (Å²) in [6.07, 6.45) is 2.46. The van der Waals surface area contributed by atoms with Crippen molar-refractivity contribution in [3.63, 3.8) is 0 Å². The van der Waals surface area contributed by atoms with Crippen LogP contribution < -0.4 is 5.32 Å². The molecule has 1 aromatic carbocycles. The van der Waals surface area contributed by atoms with Gasteiger partial charge in [0.1, 0.15) is 5.76 Å². The summed E-state index contributed by atoms with van der Waals surface area (Å²) in [5, 5.41) is 11.5. The van der Waals surface area contributed by atoms with E-state index in [4.69, 9.17) is 8.83 Å². The molecule has 0 bridgehead atoms. The van der Waals surface area contributed by atoms with Crippen LogP contribution in [0.1, 0.15) is 37.6 Å². The van der Waals surface area contributed by atoms with E-state index in [-0.39, 0.29) is 17.7 Å². The van der Waals surface area contributed by atoms with E-state index in [1.807, 2.05) is 37.3 Å². The Bertz CT molecular complexity index is 873. The maximum atomic E-state index is 12.4. The molecule has 0 saturated carbocycles. The van der Waals surface area contributed by atoms with Crippen molar-refractivity contribution in [2.45, 2.75) is 38.5 Å². The molecular formula is C20H23N3O3S. The Morgan fingerprint density at radius 1 is 1.19 bits per heavy atom. The minimum Gasteiger partial charge on any atom is -0.469 e. The summed E-state index contributed by atoms with van der Waals surface area (Å²) in [6, 6.07) is 11.8. The van der Waals surface area contributed by atoms with Crippen molar-refractivity contribution in [1.29, 1.82) is 0 Å². The average molecular weight is 385 g/mol. The van der Waals surface area contributed by atoms with Crippen LogP contribution in [0.5, 0.6) is 0 Å². The largest absolute Gasteiger partial charge is 0.469 e. The first-order valence-corrected chi connectivity index (χ1v) is 9.86. The van der Waals surface area contributed by atoms with E-state index in [0.717, 1.165) is 17.5 Å². The number of nitrogens with one attached hydrogen (secondary N) is 1. The van der Waals surface area contributed by atoms with Crippen molar-refractivity contribution in [3.8, 4) is 11.5 Å². The second kappa shape index (κ2) is 8.90. The van der Waals surface area contributed by atoms with Gasteiger partial charge in [0.2, 0.25) is 5.91 Å². The maximum Gasteiger partial charge on any atom is 0.277 e. The molecule has 1 unspecified atom stereocenters. The molecule has 2 heterocycles. The van der Waals surface area contributed by atoms with Gasteiger partial charge in [-0.15, -0.1) is 10.2 Å². The predicted molar refractivity (Wildman–Crippen MR) is 104 cm³/mol. The van der Waals surface area contributed by atoms with Gasteiger partial charge in [-0.05, 0) is 30.9 Å². The van der Waals surface area contributed by atoms with Crippen LogP contribution in [0.4, 0.5) is 0 Å². The van der Waals surface area contributed by atoms with E-state index in [1.165, 1.54) is 11.8 Å². The lowest BCUT2D eigenvalue weighted by atomic mass is 9.97. The van der Waals surface area contributed by atoms with Gasteiger partial charge >= 0.3 is 0 Å². The predicted octanol–water partition coefficient (Wildman–Crippen LogP) is 4.63. The molecule has 0 aliphatic carbocycles. The van der Waals surface area contributed by atoms with Crippen LogP contribution >= 0.6 is 11.8 Å².